The second-order valence-electron chi connectivity index (χ2n) is 8.89. The van der Waals surface area contributed by atoms with E-state index < -0.39 is 0 Å². The minimum absolute atomic E-state index is 0. The third-order valence-corrected chi connectivity index (χ3v) is 6.42. The van der Waals surface area contributed by atoms with Gasteiger partial charge in [-0.05, 0) is 95.0 Å². The zero-order valence-corrected chi connectivity index (χ0v) is 19.7. The van der Waals surface area contributed by atoms with E-state index >= 15 is 0 Å². The standard InChI is InChI=1S/C13H21N3.C12H19N3O.CH4/c1-16-7-3-5-13(16)12-8-11(4-2-6-14)9-15-10-12;1-15-5-2-3-12(15)10-7-11(9-14-8-10)16-6-4-13;/h8-10,13H,2-7,14H2,1H3;7-9,12H,2-6,13H2,1H3;1H4/t13-;12-;/m00./s1. The Labute approximate surface area is 200 Å². The average molecular weight is 457 g/mol. The van der Waals surface area contributed by atoms with E-state index in [2.05, 4.69) is 46.0 Å². The lowest BCUT2D eigenvalue weighted by molar-refractivity contribution is 0.309. The van der Waals surface area contributed by atoms with Gasteiger partial charge in [-0.1, -0.05) is 13.5 Å². The molecular weight excluding hydrogens is 412 g/mol. The van der Waals surface area contributed by atoms with Gasteiger partial charge in [-0.2, -0.15) is 0 Å². The second kappa shape index (κ2) is 14.3. The number of likely N-dealkylation sites (tertiary alicyclic amines) is 2. The van der Waals surface area contributed by atoms with Crippen LogP contribution in [0.5, 0.6) is 5.75 Å². The van der Waals surface area contributed by atoms with Crippen molar-refractivity contribution in [3.05, 3.63) is 53.6 Å². The average Bonchev–Trinajstić information content (AvgIpc) is 3.45. The Kier molecular flexibility index (Phi) is 11.7. The van der Waals surface area contributed by atoms with E-state index in [1.165, 1.54) is 55.5 Å². The predicted octanol–water partition coefficient (Wildman–Crippen LogP) is 3.56. The van der Waals surface area contributed by atoms with Crippen molar-refractivity contribution in [1.82, 2.24) is 19.8 Å². The van der Waals surface area contributed by atoms with E-state index in [9.17, 15) is 0 Å². The summed E-state index contributed by atoms with van der Waals surface area (Å²) in [4.78, 5) is 13.4. The molecule has 7 heteroatoms. The van der Waals surface area contributed by atoms with Crippen LogP contribution in [0.15, 0.2) is 36.9 Å². The first kappa shape index (κ1) is 27.2. The molecule has 0 bridgehead atoms. The number of hydrogen-bond acceptors (Lipinski definition) is 7. The molecule has 0 amide bonds. The number of nitrogens with zero attached hydrogens (tertiary/aromatic N) is 4. The summed E-state index contributed by atoms with van der Waals surface area (Å²) in [5, 5.41) is 0. The molecule has 2 aromatic heterocycles. The van der Waals surface area contributed by atoms with Crippen LogP contribution in [-0.2, 0) is 6.42 Å². The van der Waals surface area contributed by atoms with Crippen LogP contribution in [0.25, 0.3) is 0 Å². The van der Waals surface area contributed by atoms with Crippen LogP contribution in [-0.4, -0.2) is 66.6 Å². The molecule has 2 aliphatic heterocycles. The predicted molar refractivity (Wildman–Crippen MR) is 136 cm³/mol. The maximum Gasteiger partial charge on any atom is 0.137 e. The van der Waals surface area contributed by atoms with Crippen LogP contribution < -0.4 is 16.2 Å². The molecule has 0 aromatic carbocycles. The van der Waals surface area contributed by atoms with Crippen LogP contribution in [0.2, 0.25) is 0 Å². The number of nitrogens with two attached hydrogens (primary N) is 2. The monoisotopic (exact) mass is 456 g/mol. The highest BCUT2D eigenvalue weighted by Gasteiger charge is 2.23. The van der Waals surface area contributed by atoms with Gasteiger partial charge >= 0.3 is 0 Å². The third-order valence-electron chi connectivity index (χ3n) is 6.42. The first-order chi connectivity index (χ1) is 15.6. The minimum atomic E-state index is 0. The fraction of sp³-hybridized carbons (Fsp3) is 0.615. The molecular formula is C26H44N6O. The number of aryl methyl sites for hydroxylation is 1. The van der Waals surface area contributed by atoms with Gasteiger partial charge in [0, 0.05) is 37.2 Å². The summed E-state index contributed by atoms with van der Waals surface area (Å²) in [6.07, 6.45) is 14.8. The molecule has 0 aliphatic carbocycles. The van der Waals surface area contributed by atoms with E-state index in [0.29, 0.717) is 25.2 Å². The van der Waals surface area contributed by atoms with Crippen molar-refractivity contribution in [3.8, 4) is 5.75 Å². The second-order valence-corrected chi connectivity index (χ2v) is 8.89. The van der Waals surface area contributed by atoms with Gasteiger partial charge in [0.1, 0.15) is 12.4 Å². The molecule has 0 saturated carbocycles. The first-order valence-electron chi connectivity index (χ1n) is 11.9. The molecule has 2 aliphatic rings. The Morgan fingerprint density at radius 2 is 1.48 bits per heavy atom. The van der Waals surface area contributed by atoms with Gasteiger partial charge in [0.2, 0.25) is 0 Å². The van der Waals surface area contributed by atoms with Crippen LogP contribution in [0, 0.1) is 0 Å². The summed E-state index contributed by atoms with van der Waals surface area (Å²) in [5.74, 6) is 0.822. The number of pyridine rings is 2. The quantitative estimate of drug-likeness (QED) is 0.627. The van der Waals surface area contributed by atoms with Gasteiger partial charge in [-0.15, -0.1) is 0 Å². The van der Waals surface area contributed by atoms with Gasteiger partial charge in [0.15, 0.2) is 0 Å². The molecule has 4 heterocycles. The van der Waals surface area contributed by atoms with Gasteiger partial charge in [-0.25, -0.2) is 0 Å². The van der Waals surface area contributed by atoms with Crippen LogP contribution >= 0.6 is 0 Å². The van der Waals surface area contributed by atoms with E-state index in [0.717, 1.165) is 25.1 Å². The Hall–Kier alpha value is -2.06. The Morgan fingerprint density at radius 3 is 2.03 bits per heavy atom. The molecule has 0 unspecified atom stereocenters. The maximum absolute atomic E-state index is 5.53. The molecule has 0 radical (unpaired) electrons. The van der Waals surface area contributed by atoms with E-state index in [-0.39, 0.29) is 7.43 Å². The molecule has 184 valence electrons. The van der Waals surface area contributed by atoms with Crippen molar-refractivity contribution in [1.29, 1.82) is 0 Å². The highest BCUT2D eigenvalue weighted by Crippen LogP contribution is 2.31. The molecule has 7 nitrogen and oxygen atoms in total. The van der Waals surface area contributed by atoms with Gasteiger partial charge in [-0.3, -0.25) is 19.8 Å². The van der Waals surface area contributed by atoms with Crippen LogP contribution in [0.4, 0.5) is 0 Å². The number of aromatic nitrogens is 2. The summed E-state index contributed by atoms with van der Waals surface area (Å²) in [7, 11) is 4.36. The molecule has 0 spiro atoms. The zero-order chi connectivity index (χ0) is 22.8. The topological polar surface area (TPSA) is 93.5 Å². The molecule has 33 heavy (non-hydrogen) atoms. The van der Waals surface area contributed by atoms with E-state index in [4.69, 9.17) is 16.2 Å². The molecule has 2 aromatic rings. The summed E-state index contributed by atoms with van der Waals surface area (Å²) in [5.41, 5.74) is 14.9. The van der Waals surface area contributed by atoms with Crippen LogP contribution in [0.1, 0.15) is 68.3 Å². The largest absolute Gasteiger partial charge is 0.491 e. The van der Waals surface area contributed by atoms with E-state index in [1.807, 2.05) is 18.6 Å². The summed E-state index contributed by atoms with van der Waals surface area (Å²) in [6.45, 7) is 4.21. The highest BCUT2D eigenvalue weighted by atomic mass is 16.5. The van der Waals surface area contributed by atoms with Crippen molar-refractivity contribution < 1.29 is 4.74 Å². The van der Waals surface area contributed by atoms with Crippen molar-refractivity contribution in [3.63, 3.8) is 0 Å². The fourth-order valence-corrected chi connectivity index (χ4v) is 4.67. The van der Waals surface area contributed by atoms with Crippen molar-refractivity contribution >= 4 is 0 Å². The first-order valence-corrected chi connectivity index (χ1v) is 11.9. The van der Waals surface area contributed by atoms with Gasteiger partial charge in [0.25, 0.3) is 0 Å². The lowest BCUT2D eigenvalue weighted by Crippen LogP contribution is -2.17. The smallest absolute Gasteiger partial charge is 0.137 e. The lowest BCUT2D eigenvalue weighted by Gasteiger charge is -2.19. The lowest BCUT2D eigenvalue weighted by atomic mass is 10.0. The number of rotatable bonds is 8. The third kappa shape index (κ3) is 8.03. The molecule has 2 fully saturated rings. The summed E-state index contributed by atoms with van der Waals surface area (Å²) >= 11 is 0. The highest BCUT2D eigenvalue weighted by molar-refractivity contribution is 5.26. The fourth-order valence-electron chi connectivity index (χ4n) is 4.67. The van der Waals surface area contributed by atoms with Gasteiger partial charge < -0.3 is 16.2 Å². The molecule has 2 saturated heterocycles. The molecule has 4 N–H and O–H groups in total. The minimum Gasteiger partial charge on any atom is -0.491 e. The Bertz CT molecular complexity index is 749. The Morgan fingerprint density at radius 1 is 0.879 bits per heavy atom. The molecule has 2 atom stereocenters. The Balaban J connectivity index is 0.000000227. The summed E-state index contributed by atoms with van der Waals surface area (Å²) in [6, 6.07) is 5.45. The van der Waals surface area contributed by atoms with E-state index in [1.54, 1.807) is 6.20 Å². The molecule has 4 rings (SSSR count). The van der Waals surface area contributed by atoms with Crippen molar-refractivity contribution in [2.45, 2.75) is 58.0 Å². The number of ether oxygens (including phenoxy) is 1. The SMILES string of the molecule is C.CN1CCC[C@H]1c1cncc(CCCN)c1.CN1CCC[C@H]1c1cncc(OCCN)c1. The maximum atomic E-state index is 5.53. The van der Waals surface area contributed by atoms with Crippen LogP contribution in [0.3, 0.4) is 0 Å². The number of hydrogen-bond donors (Lipinski definition) is 2. The zero-order valence-electron chi connectivity index (χ0n) is 19.7. The summed E-state index contributed by atoms with van der Waals surface area (Å²) < 4.78 is 5.48. The van der Waals surface area contributed by atoms with Crippen molar-refractivity contribution in [2.24, 2.45) is 11.5 Å². The normalized spacial score (nSPS) is 20.7. The van der Waals surface area contributed by atoms with Crippen molar-refractivity contribution in [2.75, 3.05) is 46.9 Å². The van der Waals surface area contributed by atoms with Gasteiger partial charge in [0.05, 0.1) is 6.20 Å².